The number of hydrogen-bond donors (Lipinski definition) is 2. The van der Waals surface area contributed by atoms with Gasteiger partial charge in [0.2, 0.25) is 5.91 Å². The van der Waals surface area contributed by atoms with Crippen molar-refractivity contribution in [2.75, 3.05) is 26.7 Å². The summed E-state index contributed by atoms with van der Waals surface area (Å²) >= 11 is 0. The topological polar surface area (TPSA) is 79.9 Å². The Bertz CT molecular complexity index is 513. The Morgan fingerprint density at radius 2 is 1.91 bits per heavy atom. The molecule has 2 rings (SSSR count). The maximum absolute atomic E-state index is 11.8. The summed E-state index contributed by atoms with van der Waals surface area (Å²) in [5.41, 5.74) is 6.93. The minimum atomic E-state index is -0.129. The van der Waals surface area contributed by atoms with Crippen molar-refractivity contribution >= 4 is 35.8 Å². The lowest BCUT2D eigenvalue weighted by molar-refractivity contribution is -0.119. The van der Waals surface area contributed by atoms with Crippen LogP contribution in [0.1, 0.15) is 24.8 Å². The number of piperidine rings is 1. The van der Waals surface area contributed by atoms with Crippen LogP contribution in [0.4, 0.5) is 0 Å². The average Bonchev–Trinajstić information content (AvgIpc) is 2.59. The molecule has 128 valence electrons. The van der Waals surface area contributed by atoms with Crippen LogP contribution in [0.3, 0.4) is 0 Å². The van der Waals surface area contributed by atoms with Gasteiger partial charge in [-0.25, -0.2) is 4.99 Å². The van der Waals surface area contributed by atoms with E-state index in [1.54, 1.807) is 7.11 Å². The third-order valence-corrected chi connectivity index (χ3v) is 3.71. The van der Waals surface area contributed by atoms with Crippen LogP contribution in [0, 0.1) is 0 Å². The lowest BCUT2D eigenvalue weighted by Crippen LogP contribution is -2.41. The monoisotopic (exact) mass is 432 g/mol. The van der Waals surface area contributed by atoms with E-state index in [0.29, 0.717) is 12.5 Å². The minimum absolute atomic E-state index is 0. The van der Waals surface area contributed by atoms with E-state index in [1.807, 2.05) is 29.2 Å². The molecule has 1 saturated heterocycles. The van der Waals surface area contributed by atoms with Crippen molar-refractivity contribution in [2.24, 2.45) is 10.7 Å². The van der Waals surface area contributed by atoms with Crippen LogP contribution in [-0.2, 0) is 11.3 Å². The van der Waals surface area contributed by atoms with E-state index in [0.717, 1.165) is 37.2 Å². The second-order valence-electron chi connectivity index (χ2n) is 5.35. The summed E-state index contributed by atoms with van der Waals surface area (Å²) in [6.45, 7) is 2.41. The Kier molecular flexibility index (Phi) is 8.75. The molecule has 6 nitrogen and oxygen atoms in total. The van der Waals surface area contributed by atoms with Gasteiger partial charge in [0.15, 0.2) is 5.96 Å². The van der Waals surface area contributed by atoms with Crippen LogP contribution < -0.4 is 15.8 Å². The standard InChI is InChI=1S/C16H24N4O2.HI/c1-22-14-7-5-13(6-8-14)11-18-15(21)12-19-16(17)20-9-3-2-4-10-20;/h5-8H,2-4,9-12H2,1H3,(H2,17,19)(H,18,21);1H. The largest absolute Gasteiger partial charge is 0.497 e. The third-order valence-electron chi connectivity index (χ3n) is 3.71. The van der Waals surface area contributed by atoms with Gasteiger partial charge >= 0.3 is 0 Å². The van der Waals surface area contributed by atoms with Crippen molar-refractivity contribution in [2.45, 2.75) is 25.8 Å². The highest BCUT2D eigenvalue weighted by Crippen LogP contribution is 2.11. The third kappa shape index (κ3) is 6.64. The summed E-state index contributed by atoms with van der Waals surface area (Å²) in [6.07, 6.45) is 3.52. The molecule has 0 saturated carbocycles. The molecule has 1 aliphatic heterocycles. The smallest absolute Gasteiger partial charge is 0.242 e. The number of carbonyl (C=O) groups is 1. The first-order valence-corrected chi connectivity index (χ1v) is 7.63. The maximum atomic E-state index is 11.8. The Balaban J connectivity index is 0.00000264. The van der Waals surface area contributed by atoms with Crippen molar-refractivity contribution in [1.29, 1.82) is 0 Å². The van der Waals surface area contributed by atoms with Gasteiger partial charge in [0.05, 0.1) is 7.11 Å². The Labute approximate surface area is 154 Å². The van der Waals surface area contributed by atoms with Gasteiger partial charge in [-0.1, -0.05) is 12.1 Å². The number of methoxy groups -OCH3 is 1. The molecule has 23 heavy (non-hydrogen) atoms. The van der Waals surface area contributed by atoms with Crippen LogP contribution in [0.25, 0.3) is 0 Å². The summed E-state index contributed by atoms with van der Waals surface area (Å²) in [7, 11) is 1.63. The highest BCUT2D eigenvalue weighted by Gasteiger charge is 2.12. The zero-order valence-electron chi connectivity index (χ0n) is 13.5. The number of aliphatic imine (C=N–C) groups is 1. The number of ether oxygens (including phenoxy) is 1. The maximum Gasteiger partial charge on any atom is 0.242 e. The number of nitrogens with one attached hydrogen (secondary N) is 1. The summed E-state index contributed by atoms with van der Waals surface area (Å²) in [4.78, 5) is 18.0. The molecule has 1 aromatic rings. The molecule has 0 unspecified atom stereocenters. The molecule has 0 aliphatic carbocycles. The second kappa shape index (κ2) is 10.3. The molecule has 0 bridgehead atoms. The Morgan fingerprint density at radius 3 is 2.52 bits per heavy atom. The van der Waals surface area contributed by atoms with Gasteiger partial charge in [-0.15, -0.1) is 24.0 Å². The highest BCUT2D eigenvalue weighted by atomic mass is 127. The predicted molar refractivity (Wildman–Crippen MR) is 102 cm³/mol. The molecule has 0 radical (unpaired) electrons. The molecule has 0 atom stereocenters. The van der Waals surface area contributed by atoms with Gasteiger partial charge in [0, 0.05) is 19.6 Å². The summed E-state index contributed by atoms with van der Waals surface area (Å²) in [6, 6.07) is 7.58. The van der Waals surface area contributed by atoms with Crippen LogP contribution in [0.2, 0.25) is 0 Å². The first-order valence-electron chi connectivity index (χ1n) is 7.63. The Morgan fingerprint density at radius 1 is 1.26 bits per heavy atom. The van der Waals surface area contributed by atoms with Gasteiger partial charge in [0.1, 0.15) is 12.3 Å². The lowest BCUT2D eigenvalue weighted by atomic mass is 10.1. The molecule has 7 heteroatoms. The van der Waals surface area contributed by atoms with Crippen LogP contribution in [-0.4, -0.2) is 43.5 Å². The highest BCUT2D eigenvalue weighted by molar-refractivity contribution is 14.0. The second-order valence-corrected chi connectivity index (χ2v) is 5.35. The molecule has 1 aromatic carbocycles. The van der Waals surface area contributed by atoms with Crippen LogP contribution >= 0.6 is 24.0 Å². The number of hydrogen-bond acceptors (Lipinski definition) is 3. The summed E-state index contributed by atoms with van der Waals surface area (Å²) in [5, 5.41) is 2.83. The molecule has 0 spiro atoms. The minimum Gasteiger partial charge on any atom is -0.497 e. The van der Waals surface area contributed by atoms with Crippen molar-refractivity contribution < 1.29 is 9.53 Å². The molecular weight excluding hydrogens is 407 g/mol. The predicted octanol–water partition coefficient (Wildman–Crippen LogP) is 1.73. The van der Waals surface area contributed by atoms with E-state index in [9.17, 15) is 4.79 Å². The van der Waals surface area contributed by atoms with Crippen LogP contribution in [0.5, 0.6) is 5.75 Å². The quantitative estimate of drug-likeness (QED) is 0.422. The zero-order chi connectivity index (χ0) is 15.8. The number of amides is 1. The van der Waals surface area contributed by atoms with Crippen molar-refractivity contribution in [3.8, 4) is 5.75 Å². The Hall–Kier alpha value is -1.51. The van der Waals surface area contributed by atoms with E-state index < -0.39 is 0 Å². The molecule has 3 N–H and O–H groups in total. The van der Waals surface area contributed by atoms with Gasteiger partial charge in [-0.05, 0) is 37.0 Å². The summed E-state index contributed by atoms with van der Waals surface area (Å²) in [5.74, 6) is 1.14. The molecule has 1 heterocycles. The molecular formula is C16H25IN4O2. The fourth-order valence-corrected chi connectivity index (χ4v) is 2.38. The summed E-state index contributed by atoms with van der Waals surface area (Å²) < 4.78 is 5.09. The van der Waals surface area contributed by atoms with E-state index in [4.69, 9.17) is 10.5 Å². The lowest BCUT2D eigenvalue weighted by Gasteiger charge is -2.27. The fraction of sp³-hybridized carbons (Fsp3) is 0.500. The van der Waals surface area contributed by atoms with Gasteiger partial charge in [-0.3, -0.25) is 4.79 Å². The molecule has 0 aromatic heterocycles. The van der Waals surface area contributed by atoms with Crippen molar-refractivity contribution in [3.05, 3.63) is 29.8 Å². The number of carbonyl (C=O) groups excluding carboxylic acids is 1. The molecule has 1 fully saturated rings. The number of rotatable bonds is 5. The van der Waals surface area contributed by atoms with E-state index >= 15 is 0 Å². The van der Waals surface area contributed by atoms with E-state index in [1.165, 1.54) is 6.42 Å². The number of guanidine groups is 1. The zero-order valence-corrected chi connectivity index (χ0v) is 15.8. The van der Waals surface area contributed by atoms with Crippen molar-refractivity contribution in [3.63, 3.8) is 0 Å². The number of benzene rings is 1. The SMILES string of the molecule is COc1ccc(CNC(=O)CN=C(N)N2CCCCC2)cc1.I. The number of halogens is 1. The van der Waals surface area contributed by atoms with E-state index in [-0.39, 0.29) is 36.4 Å². The van der Waals surface area contributed by atoms with Gasteiger partial charge in [0.25, 0.3) is 0 Å². The van der Waals surface area contributed by atoms with Crippen LogP contribution in [0.15, 0.2) is 29.3 Å². The number of likely N-dealkylation sites (tertiary alicyclic amines) is 1. The first kappa shape index (κ1) is 19.5. The fourth-order valence-electron chi connectivity index (χ4n) is 2.38. The normalized spacial score (nSPS) is 14.8. The first-order chi connectivity index (χ1) is 10.7. The van der Waals surface area contributed by atoms with Gasteiger partial charge in [-0.2, -0.15) is 0 Å². The molecule has 1 amide bonds. The van der Waals surface area contributed by atoms with Crippen molar-refractivity contribution in [1.82, 2.24) is 10.2 Å². The number of nitrogens with two attached hydrogens (primary N) is 1. The van der Waals surface area contributed by atoms with Gasteiger partial charge < -0.3 is 20.7 Å². The number of nitrogens with zero attached hydrogens (tertiary/aromatic N) is 2. The molecule has 1 aliphatic rings. The average molecular weight is 432 g/mol. The van der Waals surface area contributed by atoms with E-state index in [2.05, 4.69) is 10.3 Å².